The van der Waals surface area contributed by atoms with Crippen molar-refractivity contribution in [2.24, 2.45) is 17.3 Å². The van der Waals surface area contributed by atoms with Crippen molar-refractivity contribution in [1.29, 1.82) is 0 Å². The summed E-state index contributed by atoms with van der Waals surface area (Å²) in [7, 11) is 0. The monoisotopic (exact) mass is 398 g/mol. The number of carbonyl (C=O) groups is 3. The molecular formula is C24H30O5. The minimum absolute atomic E-state index is 0.00921. The number of ketones is 1. The van der Waals surface area contributed by atoms with Crippen LogP contribution in [0.5, 0.6) is 0 Å². The van der Waals surface area contributed by atoms with E-state index in [4.69, 9.17) is 4.74 Å². The Morgan fingerprint density at radius 2 is 2.14 bits per heavy atom. The van der Waals surface area contributed by atoms with E-state index in [1.165, 1.54) is 12.2 Å². The Labute approximate surface area is 172 Å². The van der Waals surface area contributed by atoms with Crippen LogP contribution in [0.2, 0.25) is 0 Å². The number of aldehydes is 1. The first-order valence-corrected chi connectivity index (χ1v) is 9.95. The molecule has 2 rings (SSSR count). The predicted molar refractivity (Wildman–Crippen MR) is 112 cm³/mol. The molecular weight excluding hydrogens is 368 g/mol. The zero-order valence-corrected chi connectivity index (χ0v) is 17.6. The van der Waals surface area contributed by atoms with Crippen LogP contribution in [0.4, 0.5) is 0 Å². The number of carbonyl (C=O) groups excluding carboxylic acids is 3. The Bertz CT molecular complexity index is 815. The molecule has 0 aliphatic heterocycles. The molecule has 0 spiro atoms. The molecule has 5 nitrogen and oxygen atoms in total. The van der Waals surface area contributed by atoms with Crippen LogP contribution in [0.1, 0.15) is 40.5 Å². The largest absolute Gasteiger partial charge is 0.455 e. The number of rotatable bonds is 7. The molecule has 2 aliphatic rings. The molecule has 0 saturated carbocycles. The highest BCUT2D eigenvalue weighted by Crippen LogP contribution is 2.51. The molecule has 0 unspecified atom stereocenters. The average molecular weight is 398 g/mol. The molecule has 0 fully saturated rings. The highest BCUT2D eigenvalue weighted by molar-refractivity contribution is 6.05. The molecule has 29 heavy (non-hydrogen) atoms. The van der Waals surface area contributed by atoms with Crippen LogP contribution in [0.3, 0.4) is 0 Å². The van der Waals surface area contributed by atoms with Gasteiger partial charge in [0.1, 0.15) is 12.4 Å². The van der Waals surface area contributed by atoms with Gasteiger partial charge in [-0.2, -0.15) is 0 Å². The van der Waals surface area contributed by atoms with Gasteiger partial charge in [0, 0.05) is 23.0 Å². The topological polar surface area (TPSA) is 80.7 Å². The Morgan fingerprint density at radius 3 is 2.76 bits per heavy atom. The summed E-state index contributed by atoms with van der Waals surface area (Å²) in [5.41, 5.74) is -2.01. The fourth-order valence-corrected chi connectivity index (χ4v) is 3.74. The van der Waals surface area contributed by atoms with Crippen molar-refractivity contribution in [3.8, 4) is 0 Å². The van der Waals surface area contributed by atoms with Crippen LogP contribution < -0.4 is 0 Å². The molecule has 0 aromatic heterocycles. The van der Waals surface area contributed by atoms with E-state index >= 15 is 0 Å². The van der Waals surface area contributed by atoms with Crippen LogP contribution in [0.15, 0.2) is 60.3 Å². The fraction of sp³-hybridized carbons (Fsp3) is 0.458. The van der Waals surface area contributed by atoms with Gasteiger partial charge in [-0.1, -0.05) is 65.0 Å². The third kappa shape index (κ3) is 4.56. The van der Waals surface area contributed by atoms with E-state index in [1.54, 1.807) is 18.2 Å². The molecule has 156 valence electrons. The second-order valence-corrected chi connectivity index (χ2v) is 8.24. The van der Waals surface area contributed by atoms with Crippen molar-refractivity contribution < 1.29 is 24.2 Å². The molecule has 1 N–H and O–H groups in total. The van der Waals surface area contributed by atoms with Crippen molar-refractivity contribution in [2.75, 3.05) is 0 Å². The zero-order chi connectivity index (χ0) is 21.8. The minimum atomic E-state index is -1.94. The van der Waals surface area contributed by atoms with Gasteiger partial charge >= 0.3 is 5.97 Å². The summed E-state index contributed by atoms with van der Waals surface area (Å²) in [5, 5.41) is 10.8. The molecule has 5 atom stereocenters. The number of esters is 1. The first kappa shape index (κ1) is 22.8. The summed E-state index contributed by atoms with van der Waals surface area (Å²) in [5.74, 6) is -0.789. The number of hydrogen-bond acceptors (Lipinski definition) is 5. The molecule has 0 aromatic rings. The van der Waals surface area contributed by atoms with Gasteiger partial charge in [0.2, 0.25) is 0 Å². The van der Waals surface area contributed by atoms with E-state index in [-0.39, 0.29) is 17.9 Å². The molecule has 2 aliphatic carbocycles. The lowest BCUT2D eigenvalue weighted by Gasteiger charge is -2.48. The van der Waals surface area contributed by atoms with Gasteiger partial charge in [-0.05, 0) is 30.1 Å². The second-order valence-electron chi connectivity index (χ2n) is 8.24. The third-order valence-corrected chi connectivity index (χ3v) is 6.29. The molecule has 5 heteroatoms. The average Bonchev–Trinajstić information content (AvgIpc) is 2.69. The third-order valence-electron chi connectivity index (χ3n) is 6.29. The highest BCUT2D eigenvalue weighted by atomic mass is 16.5. The lowest BCUT2D eigenvalue weighted by atomic mass is 9.57. The van der Waals surface area contributed by atoms with Crippen LogP contribution in [0, 0.1) is 17.3 Å². The Morgan fingerprint density at radius 1 is 1.45 bits per heavy atom. The van der Waals surface area contributed by atoms with Crippen molar-refractivity contribution in [3.05, 3.63) is 60.3 Å². The summed E-state index contributed by atoms with van der Waals surface area (Å²) in [6.45, 7) is 11.5. The molecule has 0 amide bonds. The van der Waals surface area contributed by atoms with E-state index in [0.717, 1.165) is 12.0 Å². The van der Waals surface area contributed by atoms with E-state index in [0.29, 0.717) is 12.2 Å². The van der Waals surface area contributed by atoms with Gasteiger partial charge in [-0.3, -0.25) is 9.59 Å². The van der Waals surface area contributed by atoms with Crippen molar-refractivity contribution in [2.45, 2.75) is 52.2 Å². The molecule has 0 saturated heterocycles. The number of aliphatic hydroxyl groups is 1. The van der Waals surface area contributed by atoms with Gasteiger partial charge in [0.15, 0.2) is 11.4 Å². The van der Waals surface area contributed by atoms with E-state index < -0.39 is 28.9 Å². The second kappa shape index (κ2) is 8.87. The zero-order valence-electron chi connectivity index (χ0n) is 17.6. The summed E-state index contributed by atoms with van der Waals surface area (Å²) in [6.07, 6.45) is 12.7. The molecule has 0 aromatic carbocycles. The number of hydrogen-bond donors (Lipinski definition) is 1. The number of ether oxygens (including phenoxy) is 1. The first-order chi connectivity index (χ1) is 13.6. The van der Waals surface area contributed by atoms with Crippen molar-refractivity contribution in [1.82, 2.24) is 0 Å². The first-order valence-electron chi connectivity index (χ1n) is 9.95. The lowest BCUT2D eigenvalue weighted by Crippen LogP contribution is -2.53. The number of allylic oxidation sites excluding steroid dienone is 5. The standard InChI is InChI=1S/C24H30O5/c1-6-16(2)9-7-8-10-22(27)29-20-12-11-19-13-21(26)24(28,17(3)14-25)15-23(19,5)18(20)4/h7-14,16,18,20,28H,3,6,15H2,1-2,4-5H3/b9-7+,10-8+/t16-,18+,20+,23-,24-/m0/s1. The Hall–Kier alpha value is -2.53. The predicted octanol–water partition coefficient (Wildman–Crippen LogP) is 3.65. The van der Waals surface area contributed by atoms with Crippen LogP contribution in [-0.2, 0) is 19.1 Å². The van der Waals surface area contributed by atoms with Crippen LogP contribution in [-0.4, -0.2) is 34.9 Å². The van der Waals surface area contributed by atoms with E-state index in [1.807, 2.05) is 26.0 Å². The van der Waals surface area contributed by atoms with Gasteiger partial charge in [-0.25, -0.2) is 4.79 Å². The van der Waals surface area contributed by atoms with Gasteiger partial charge < -0.3 is 9.84 Å². The quantitative estimate of drug-likeness (QED) is 0.306. The molecule has 0 radical (unpaired) electrons. The fourth-order valence-electron chi connectivity index (χ4n) is 3.74. The lowest BCUT2D eigenvalue weighted by molar-refractivity contribution is -0.147. The number of fused-ring (bicyclic) bond motifs is 1. The Kier molecular flexibility index (Phi) is 6.96. The van der Waals surface area contributed by atoms with E-state index in [9.17, 15) is 19.5 Å². The maximum Gasteiger partial charge on any atom is 0.331 e. The maximum absolute atomic E-state index is 12.4. The van der Waals surface area contributed by atoms with Crippen molar-refractivity contribution >= 4 is 18.0 Å². The summed E-state index contributed by atoms with van der Waals surface area (Å²) in [6, 6.07) is 0. The van der Waals surface area contributed by atoms with Gasteiger partial charge in [0.25, 0.3) is 0 Å². The van der Waals surface area contributed by atoms with Crippen LogP contribution in [0.25, 0.3) is 0 Å². The van der Waals surface area contributed by atoms with Gasteiger partial charge in [-0.15, -0.1) is 0 Å². The SMILES string of the molecule is C=C(C=O)[C@@]1(O)C[C@]2(C)C(=CC1=O)C=C[C@@H](OC(=O)/C=C/C=C/[C@@H](C)CC)[C@H]2C. The van der Waals surface area contributed by atoms with Crippen molar-refractivity contribution in [3.63, 3.8) is 0 Å². The minimum Gasteiger partial charge on any atom is -0.455 e. The van der Waals surface area contributed by atoms with E-state index in [2.05, 4.69) is 20.4 Å². The summed E-state index contributed by atoms with van der Waals surface area (Å²) in [4.78, 5) is 35.8. The highest BCUT2D eigenvalue weighted by Gasteiger charge is 2.53. The summed E-state index contributed by atoms with van der Waals surface area (Å²) >= 11 is 0. The maximum atomic E-state index is 12.4. The van der Waals surface area contributed by atoms with Crippen LogP contribution >= 0.6 is 0 Å². The summed E-state index contributed by atoms with van der Waals surface area (Å²) < 4.78 is 5.60. The molecule has 0 bridgehead atoms. The Balaban J connectivity index is 2.18. The normalized spacial score (nSPS) is 32.7. The van der Waals surface area contributed by atoms with Gasteiger partial charge in [0.05, 0.1) is 0 Å². The smallest absolute Gasteiger partial charge is 0.331 e. The molecule has 0 heterocycles.